The number of rotatable bonds is 5. The van der Waals surface area contributed by atoms with Crippen LogP contribution in [0.15, 0.2) is 42.1 Å². The number of aldehydes is 1. The van der Waals surface area contributed by atoms with Gasteiger partial charge in [-0.2, -0.15) is 0 Å². The Morgan fingerprint density at radius 3 is 2.76 bits per heavy atom. The largest absolute Gasteiger partial charge is 0.493 e. The van der Waals surface area contributed by atoms with Gasteiger partial charge in [-0.15, -0.1) is 0 Å². The molecule has 4 heteroatoms. The molecule has 0 spiro atoms. The predicted octanol–water partition coefficient (Wildman–Crippen LogP) is 3.42. The molecular weight excluding hydrogens is 238 g/mol. The van der Waals surface area contributed by atoms with Gasteiger partial charge in [-0.1, -0.05) is 30.3 Å². The van der Waals surface area contributed by atoms with E-state index in [-0.39, 0.29) is 0 Å². The zero-order valence-electron chi connectivity index (χ0n) is 9.79. The van der Waals surface area contributed by atoms with Gasteiger partial charge in [0.1, 0.15) is 0 Å². The highest BCUT2D eigenvalue weighted by Gasteiger charge is 2.09. The number of anilines is 1. The Kier molecular flexibility index (Phi) is 4.79. The van der Waals surface area contributed by atoms with Crippen molar-refractivity contribution < 1.29 is 9.53 Å². The summed E-state index contributed by atoms with van der Waals surface area (Å²) in [5, 5.41) is 3.56. The van der Waals surface area contributed by atoms with Crippen LogP contribution in [-0.4, -0.2) is 13.4 Å². The molecule has 0 aliphatic carbocycles. The number of hydrogen-bond donors (Lipinski definition) is 1. The van der Waals surface area contributed by atoms with Gasteiger partial charge in [0.2, 0.25) is 0 Å². The summed E-state index contributed by atoms with van der Waals surface area (Å²) in [6.45, 7) is 5.46. The van der Waals surface area contributed by atoms with Crippen LogP contribution in [0.1, 0.15) is 6.92 Å². The second-order valence-electron chi connectivity index (χ2n) is 3.29. The maximum atomic E-state index is 10.7. The Morgan fingerprint density at radius 2 is 2.24 bits per heavy atom. The van der Waals surface area contributed by atoms with Gasteiger partial charge in [0.15, 0.2) is 12.0 Å². The number of carbonyl (C=O) groups is 1. The fourth-order valence-corrected chi connectivity index (χ4v) is 1.61. The standard InChI is InChI=1S/C13H14ClNO2/c1-4-11(9(2)8-16)15-12-7-5-6-10(14)13(12)17-3/h4-8,15H,2H2,1,3H3/b11-4-. The van der Waals surface area contributed by atoms with Crippen molar-refractivity contribution in [3.8, 4) is 5.75 Å². The topological polar surface area (TPSA) is 38.3 Å². The highest BCUT2D eigenvalue weighted by atomic mass is 35.5. The van der Waals surface area contributed by atoms with Gasteiger partial charge in [-0.05, 0) is 19.1 Å². The molecule has 0 unspecified atom stereocenters. The van der Waals surface area contributed by atoms with Gasteiger partial charge in [0, 0.05) is 11.3 Å². The van der Waals surface area contributed by atoms with E-state index in [1.165, 1.54) is 7.11 Å². The molecule has 90 valence electrons. The van der Waals surface area contributed by atoms with Crippen molar-refractivity contribution in [2.24, 2.45) is 0 Å². The monoisotopic (exact) mass is 251 g/mol. The molecule has 0 radical (unpaired) electrons. The van der Waals surface area contributed by atoms with Crippen molar-refractivity contribution in [3.05, 3.63) is 47.1 Å². The number of para-hydroxylation sites is 1. The second kappa shape index (κ2) is 6.11. The van der Waals surface area contributed by atoms with Crippen LogP contribution in [-0.2, 0) is 4.79 Å². The van der Waals surface area contributed by atoms with Crippen LogP contribution in [0.2, 0.25) is 5.02 Å². The zero-order chi connectivity index (χ0) is 12.8. The molecule has 0 bridgehead atoms. The molecule has 0 fully saturated rings. The fourth-order valence-electron chi connectivity index (χ4n) is 1.36. The third-order valence-corrected chi connectivity index (χ3v) is 2.51. The number of ether oxygens (including phenoxy) is 1. The number of benzene rings is 1. The lowest BCUT2D eigenvalue weighted by Gasteiger charge is -2.14. The maximum Gasteiger partial charge on any atom is 0.160 e. The normalized spacial score (nSPS) is 10.9. The molecule has 1 rings (SSSR count). The summed E-state index contributed by atoms with van der Waals surface area (Å²) in [7, 11) is 1.54. The molecule has 0 saturated heterocycles. The Morgan fingerprint density at radius 1 is 1.53 bits per heavy atom. The van der Waals surface area contributed by atoms with E-state index in [0.29, 0.717) is 34.0 Å². The van der Waals surface area contributed by atoms with Crippen LogP contribution in [0.25, 0.3) is 0 Å². The smallest absolute Gasteiger partial charge is 0.160 e. The van der Waals surface area contributed by atoms with Gasteiger partial charge < -0.3 is 10.1 Å². The lowest BCUT2D eigenvalue weighted by molar-refractivity contribution is -0.104. The highest BCUT2D eigenvalue weighted by Crippen LogP contribution is 2.33. The molecule has 1 aromatic rings. The number of methoxy groups -OCH3 is 1. The predicted molar refractivity (Wildman–Crippen MR) is 70.6 cm³/mol. The number of allylic oxidation sites excluding steroid dienone is 2. The van der Waals surface area contributed by atoms with Gasteiger partial charge in [0.25, 0.3) is 0 Å². The third kappa shape index (κ3) is 3.11. The first-order chi connectivity index (χ1) is 8.13. The lowest BCUT2D eigenvalue weighted by Crippen LogP contribution is -2.04. The Balaban J connectivity index is 3.06. The average molecular weight is 252 g/mol. The Labute approximate surface area is 106 Å². The van der Waals surface area contributed by atoms with E-state index in [1.54, 1.807) is 18.2 Å². The summed E-state index contributed by atoms with van der Waals surface area (Å²) in [6.07, 6.45) is 2.45. The first-order valence-electron chi connectivity index (χ1n) is 5.04. The molecule has 17 heavy (non-hydrogen) atoms. The Bertz CT molecular complexity index is 466. The van der Waals surface area contributed by atoms with E-state index < -0.39 is 0 Å². The van der Waals surface area contributed by atoms with Crippen molar-refractivity contribution >= 4 is 23.6 Å². The van der Waals surface area contributed by atoms with E-state index in [9.17, 15) is 4.79 Å². The van der Waals surface area contributed by atoms with E-state index in [1.807, 2.05) is 13.0 Å². The SMILES string of the molecule is C=C(C=O)/C(=C/C)Nc1cccc(Cl)c1OC. The van der Waals surface area contributed by atoms with Gasteiger partial charge in [0.05, 0.1) is 17.8 Å². The highest BCUT2D eigenvalue weighted by molar-refractivity contribution is 6.32. The van der Waals surface area contributed by atoms with E-state index >= 15 is 0 Å². The number of nitrogens with one attached hydrogen (secondary N) is 1. The van der Waals surface area contributed by atoms with Crippen molar-refractivity contribution in [2.45, 2.75) is 6.92 Å². The second-order valence-corrected chi connectivity index (χ2v) is 3.70. The van der Waals surface area contributed by atoms with Crippen LogP contribution in [0.4, 0.5) is 5.69 Å². The van der Waals surface area contributed by atoms with Crippen LogP contribution >= 0.6 is 11.6 Å². The minimum atomic E-state index is 0.370. The molecule has 0 aliphatic rings. The molecule has 0 heterocycles. The minimum absolute atomic E-state index is 0.370. The van der Waals surface area contributed by atoms with Gasteiger partial charge in [-0.25, -0.2) is 0 Å². The Hall–Kier alpha value is -1.74. The first-order valence-corrected chi connectivity index (χ1v) is 5.42. The van der Waals surface area contributed by atoms with Crippen molar-refractivity contribution in [1.29, 1.82) is 0 Å². The number of carbonyl (C=O) groups excluding carboxylic acids is 1. The van der Waals surface area contributed by atoms with Crippen LogP contribution in [0, 0.1) is 0 Å². The van der Waals surface area contributed by atoms with Crippen molar-refractivity contribution in [3.63, 3.8) is 0 Å². The summed E-state index contributed by atoms with van der Waals surface area (Å²) in [5.74, 6) is 0.534. The van der Waals surface area contributed by atoms with Crippen molar-refractivity contribution in [1.82, 2.24) is 0 Å². The molecule has 0 amide bonds. The van der Waals surface area contributed by atoms with E-state index in [0.717, 1.165) is 0 Å². The molecular formula is C13H14ClNO2. The van der Waals surface area contributed by atoms with Gasteiger partial charge in [-0.3, -0.25) is 4.79 Å². The van der Waals surface area contributed by atoms with Crippen LogP contribution in [0.3, 0.4) is 0 Å². The maximum absolute atomic E-state index is 10.7. The molecule has 0 aromatic heterocycles. The number of halogens is 1. The van der Waals surface area contributed by atoms with E-state index in [4.69, 9.17) is 16.3 Å². The average Bonchev–Trinajstić information content (AvgIpc) is 2.35. The third-order valence-electron chi connectivity index (χ3n) is 2.22. The molecule has 0 atom stereocenters. The van der Waals surface area contributed by atoms with Crippen molar-refractivity contribution in [2.75, 3.05) is 12.4 Å². The number of hydrogen-bond acceptors (Lipinski definition) is 3. The summed E-state index contributed by atoms with van der Waals surface area (Å²) >= 11 is 5.99. The fraction of sp³-hybridized carbons (Fsp3) is 0.154. The molecule has 1 N–H and O–H groups in total. The summed E-state index contributed by atoms with van der Waals surface area (Å²) in [5.41, 5.74) is 1.69. The van der Waals surface area contributed by atoms with E-state index in [2.05, 4.69) is 11.9 Å². The zero-order valence-corrected chi connectivity index (χ0v) is 10.5. The molecule has 0 saturated carbocycles. The first kappa shape index (κ1) is 13.3. The summed E-state index contributed by atoms with van der Waals surface area (Å²) in [4.78, 5) is 10.7. The minimum Gasteiger partial charge on any atom is -0.493 e. The summed E-state index contributed by atoms with van der Waals surface area (Å²) in [6, 6.07) is 5.34. The molecule has 3 nitrogen and oxygen atoms in total. The summed E-state index contributed by atoms with van der Waals surface area (Å²) < 4.78 is 5.20. The quantitative estimate of drug-likeness (QED) is 0.495. The lowest BCUT2D eigenvalue weighted by atomic mass is 10.2. The van der Waals surface area contributed by atoms with Crippen LogP contribution in [0.5, 0.6) is 5.75 Å². The van der Waals surface area contributed by atoms with Crippen LogP contribution < -0.4 is 10.1 Å². The molecule has 0 aliphatic heterocycles. The van der Waals surface area contributed by atoms with Gasteiger partial charge >= 0.3 is 0 Å². The molecule has 1 aromatic carbocycles.